The summed E-state index contributed by atoms with van der Waals surface area (Å²) < 4.78 is 13.0. The Kier molecular flexibility index (Phi) is 6.09. The lowest BCUT2D eigenvalue weighted by Gasteiger charge is -2.18. The first-order chi connectivity index (χ1) is 26.8. The SMILES string of the molecule is c1ccc2cc(-c3c4ccccc4c(-c4ccc(-c5cc6oc7c(ccc8oc9ccccc9c87)c6c6ccccc56)cc4)c4ccccc34)ccc2c1. The van der Waals surface area contributed by atoms with Crippen LogP contribution in [-0.4, -0.2) is 0 Å². The molecule has 12 aromatic rings. The minimum absolute atomic E-state index is 0.841. The Bertz CT molecular complexity index is 3430. The molecule has 0 bridgehead atoms. The average molecular weight is 687 g/mol. The van der Waals surface area contributed by atoms with Crippen LogP contribution in [0.25, 0.3) is 120 Å². The van der Waals surface area contributed by atoms with E-state index >= 15 is 0 Å². The summed E-state index contributed by atoms with van der Waals surface area (Å²) in [6.07, 6.45) is 0. The van der Waals surface area contributed by atoms with Crippen LogP contribution in [0, 0.1) is 0 Å². The van der Waals surface area contributed by atoms with Gasteiger partial charge in [0, 0.05) is 16.2 Å². The van der Waals surface area contributed by atoms with E-state index in [2.05, 4.69) is 170 Å². The minimum atomic E-state index is 0.841. The van der Waals surface area contributed by atoms with Crippen LogP contribution in [0.3, 0.4) is 0 Å². The van der Waals surface area contributed by atoms with Crippen molar-refractivity contribution >= 4 is 87.0 Å². The monoisotopic (exact) mass is 686 g/mol. The minimum Gasteiger partial charge on any atom is -0.456 e. The van der Waals surface area contributed by atoms with Crippen LogP contribution < -0.4 is 0 Å². The predicted octanol–water partition coefficient (Wildman–Crippen LogP) is 15.1. The van der Waals surface area contributed by atoms with E-state index in [1.807, 2.05) is 12.1 Å². The Morgan fingerprint density at radius 2 is 0.833 bits per heavy atom. The molecule has 0 spiro atoms. The Balaban J connectivity index is 1.05. The van der Waals surface area contributed by atoms with Crippen LogP contribution in [0.4, 0.5) is 0 Å². The first kappa shape index (κ1) is 29.4. The molecule has 0 atom stereocenters. The largest absolute Gasteiger partial charge is 0.456 e. The summed E-state index contributed by atoms with van der Waals surface area (Å²) in [4.78, 5) is 0. The van der Waals surface area contributed by atoms with E-state index in [-0.39, 0.29) is 0 Å². The van der Waals surface area contributed by atoms with E-state index in [0.29, 0.717) is 0 Å². The van der Waals surface area contributed by atoms with Gasteiger partial charge in [-0.15, -0.1) is 0 Å². The molecule has 0 fully saturated rings. The highest BCUT2D eigenvalue weighted by Gasteiger charge is 2.20. The third-order valence-electron chi connectivity index (χ3n) is 11.4. The zero-order chi connectivity index (χ0) is 35.3. The van der Waals surface area contributed by atoms with Gasteiger partial charge in [-0.2, -0.15) is 0 Å². The van der Waals surface area contributed by atoms with Gasteiger partial charge in [0.1, 0.15) is 22.3 Å². The number of benzene rings is 10. The molecule has 0 aliphatic rings. The first-order valence-electron chi connectivity index (χ1n) is 18.5. The number of hydrogen-bond donors (Lipinski definition) is 0. The van der Waals surface area contributed by atoms with Crippen molar-refractivity contribution in [1.29, 1.82) is 0 Å². The highest BCUT2D eigenvalue weighted by atomic mass is 16.3. The lowest BCUT2D eigenvalue weighted by molar-refractivity contribution is 0.663. The smallest absolute Gasteiger partial charge is 0.147 e. The van der Waals surface area contributed by atoms with Crippen molar-refractivity contribution in [2.45, 2.75) is 0 Å². The second-order valence-corrected chi connectivity index (χ2v) is 14.3. The maximum Gasteiger partial charge on any atom is 0.147 e. The summed E-state index contributed by atoms with van der Waals surface area (Å²) in [5, 5.41) is 14.2. The van der Waals surface area contributed by atoms with Crippen LogP contribution in [-0.2, 0) is 0 Å². The number of furan rings is 2. The Morgan fingerprint density at radius 1 is 0.278 bits per heavy atom. The van der Waals surface area contributed by atoms with Crippen LogP contribution in [0.5, 0.6) is 0 Å². The van der Waals surface area contributed by atoms with Gasteiger partial charge in [-0.1, -0.05) is 152 Å². The molecule has 0 aliphatic heterocycles. The summed E-state index contributed by atoms with van der Waals surface area (Å²) in [5.41, 5.74) is 10.7. The van der Waals surface area contributed by atoms with E-state index in [0.717, 1.165) is 55.0 Å². The zero-order valence-corrected chi connectivity index (χ0v) is 29.1. The van der Waals surface area contributed by atoms with Crippen molar-refractivity contribution in [3.05, 3.63) is 182 Å². The number of para-hydroxylation sites is 1. The van der Waals surface area contributed by atoms with Crippen molar-refractivity contribution in [2.75, 3.05) is 0 Å². The van der Waals surface area contributed by atoms with Gasteiger partial charge in [0.05, 0.1) is 5.39 Å². The fraction of sp³-hybridized carbons (Fsp3) is 0. The van der Waals surface area contributed by atoms with Crippen LogP contribution in [0.2, 0.25) is 0 Å². The maximum absolute atomic E-state index is 6.80. The molecule has 0 aliphatic carbocycles. The molecule has 54 heavy (non-hydrogen) atoms. The standard InChI is InChI=1S/C52H30O2/c1-2-12-34-29-35(26-21-31(34)11-1)49-40-17-7-5-15-38(40)48(39-16-6-8-18-41(39)49)33-24-22-32(23-25-33)44-30-47-50(37-14-4-3-13-36(37)44)43-27-28-46-51(52(43)54-47)42-19-9-10-20-45(42)53-46/h1-30H. The average Bonchev–Trinajstić information content (AvgIpc) is 3.81. The van der Waals surface area contributed by atoms with Gasteiger partial charge in [-0.3, -0.25) is 0 Å². The lowest BCUT2D eigenvalue weighted by atomic mass is 9.85. The summed E-state index contributed by atoms with van der Waals surface area (Å²) >= 11 is 0. The molecule has 2 heteroatoms. The third kappa shape index (κ3) is 4.17. The van der Waals surface area contributed by atoms with Gasteiger partial charge >= 0.3 is 0 Å². The van der Waals surface area contributed by atoms with Gasteiger partial charge in [0.25, 0.3) is 0 Å². The first-order valence-corrected chi connectivity index (χ1v) is 18.5. The summed E-state index contributed by atoms with van der Waals surface area (Å²) in [6, 6.07) is 65.7. The van der Waals surface area contributed by atoms with Crippen LogP contribution in [0.1, 0.15) is 0 Å². The van der Waals surface area contributed by atoms with E-state index < -0.39 is 0 Å². The molecular formula is C52H30O2. The molecule has 0 amide bonds. The quantitative estimate of drug-likeness (QED) is 0.173. The Morgan fingerprint density at radius 3 is 1.56 bits per heavy atom. The van der Waals surface area contributed by atoms with Gasteiger partial charge in [-0.25, -0.2) is 0 Å². The Hall–Kier alpha value is -7.16. The van der Waals surface area contributed by atoms with Crippen molar-refractivity contribution < 1.29 is 8.83 Å². The molecular weight excluding hydrogens is 657 g/mol. The number of hydrogen-bond acceptors (Lipinski definition) is 2. The molecule has 250 valence electrons. The van der Waals surface area contributed by atoms with Crippen LogP contribution in [0.15, 0.2) is 191 Å². The summed E-state index contributed by atoms with van der Waals surface area (Å²) in [7, 11) is 0. The molecule has 0 saturated carbocycles. The molecule has 0 radical (unpaired) electrons. The van der Waals surface area contributed by atoms with E-state index in [1.165, 1.54) is 65.3 Å². The fourth-order valence-corrected chi connectivity index (χ4v) is 9.06. The zero-order valence-electron chi connectivity index (χ0n) is 29.1. The molecule has 2 heterocycles. The summed E-state index contributed by atoms with van der Waals surface area (Å²) in [6.45, 7) is 0. The van der Waals surface area contributed by atoms with E-state index in [1.54, 1.807) is 0 Å². The van der Waals surface area contributed by atoms with Crippen molar-refractivity contribution in [2.24, 2.45) is 0 Å². The normalized spacial score (nSPS) is 12.1. The van der Waals surface area contributed by atoms with E-state index in [4.69, 9.17) is 8.83 Å². The third-order valence-corrected chi connectivity index (χ3v) is 11.4. The summed E-state index contributed by atoms with van der Waals surface area (Å²) in [5.74, 6) is 0. The van der Waals surface area contributed by atoms with Crippen molar-refractivity contribution in [3.63, 3.8) is 0 Å². The van der Waals surface area contributed by atoms with Gasteiger partial charge in [0.15, 0.2) is 0 Å². The highest BCUT2D eigenvalue weighted by Crippen LogP contribution is 2.46. The molecule has 0 unspecified atom stereocenters. The topological polar surface area (TPSA) is 26.3 Å². The van der Waals surface area contributed by atoms with Gasteiger partial charge in [-0.05, 0) is 107 Å². The van der Waals surface area contributed by atoms with Gasteiger partial charge < -0.3 is 8.83 Å². The molecule has 0 N–H and O–H groups in total. The van der Waals surface area contributed by atoms with Gasteiger partial charge in [0.2, 0.25) is 0 Å². The Labute approximate surface area is 310 Å². The molecule has 0 saturated heterocycles. The number of rotatable bonds is 3. The molecule has 12 rings (SSSR count). The molecule has 2 nitrogen and oxygen atoms in total. The predicted molar refractivity (Wildman–Crippen MR) is 227 cm³/mol. The maximum atomic E-state index is 6.80. The van der Waals surface area contributed by atoms with Crippen LogP contribution >= 0.6 is 0 Å². The second kappa shape index (κ2) is 11.2. The molecule has 2 aromatic heterocycles. The molecule has 10 aromatic carbocycles. The number of fused-ring (bicyclic) bond motifs is 12. The van der Waals surface area contributed by atoms with E-state index in [9.17, 15) is 0 Å². The highest BCUT2D eigenvalue weighted by molar-refractivity contribution is 6.28. The second-order valence-electron chi connectivity index (χ2n) is 14.3. The van der Waals surface area contributed by atoms with Crippen molar-refractivity contribution in [1.82, 2.24) is 0 Å². The lowest BCUT2D eigenvalue weighted by Crippen LogP contribution is -1.91. The fourth-order valence-electron chi connectivity index (χ4n) is 9.06. The van der Waals surface area contributed by atoms with Crippen molar-refractivity contribution in [3.8, 4) is 33.4 Å².